The zero-order valence-electron chi connectivity index (χ0n) is 20.8. The van der Waals surface area contributed by atoms with E-state index < -0.39 is 0 Å². The van der Waals surface area contributed by atoms with Gasteiger partial charge in [0.2, 0.25) is 5.91 Å². The van der Waals surface area contributed by atoms with Gasteiger partial charge in [0.25, 0.3) is 0 Å². The van der Waals surface area contributed by atoms with Crippen molar-refractivity contribution >= 4 is 51.5 Å². The number of urea groups is 1. The minimum Gasteiger partial charge on any atom is -0.382 e. The molecule has 4 heterocycles. The molecule has 0 aliphatic carbocycles. The van der Waals surface area contributed by atoms with E-state index in [0.29, 0.717) is 30.6 Å². The smallest absolute Gasteiger partial charge is 0.318 e. The molecule has 2 fully saturated rings. The van der Waals surface area contributed by atoms with Gasteiger partial charge in [-0.3, -0.25) is 4.79 Å². The van der Waals surface area contributed by atoms with Gasteiger partial charge in [-0.1, -0.05) is 38.0 Å². The molecule has 9 nitrogen and oxygen atoms in total. The van der Waals surface area contributed by atoms with Crippen LogP contribution in [0.15, 0.2) is 24.3 Å². The number of anilines is 1. The Morgan fingerprint density at radius 1 is 1.19 bits per heavy atom. The van der Waals surface area contributed by atoms with Crippen molar-refractivity contribution in [2.24, 2.45) is 5.73 Å². The Balaban J connectivity index is 1.36. The SMILES string of the molecule is CCCCc1nc2c(N)nc3ccccc3c2n1CCN1C(=O)NC2C(CCCCC(N)=O)SCC21. The Morgan fingerprint density at radius 3 is 2.83 bits per heavy atom. The van der Waals surface area contributed by atoms with E-state index in [1.54, 1.807) is 0 Å². The first kappa shape index (κ1) is 24.7. The summed E-state index contributed by atoms with van der Waals surface area (Å²) in [6, 6.07) is 8.37. The fraction of sp³-hybridized carbons (Fsp3) is 0.538. The molecule has 3 amide bonds. The maximum absolute atomic E-state index is 13.0. The second-order valence-corrected chi connectivity index (χ2v) is 11.1. The highest BCUT2D eigenvalue weighted by molar-refractivity contribution is 8.00. The number of para-hydroxylation sites is 1. The van der Waals surface area contributed by atoms with Gasteiger partial charge in [-0.05, 0) is 25.3 Å². The molecular weight excluding hydrogens is 474 g/mol. The number of nitrogen functional groups attached to an aromatic ring is 1. The molecule has 2 aromatic heterocycles. The summed E-state index contributed by atoms with van der Waals surface area (Å²) < 4.78 is 2.26. The standard InChI is InChI=1S/C26H35N7O2S/c1-2-3-12-21-30-23-24(16-8-4-5-9-17(16)29-25(23)28)33(21)14-13-32-18-15-36-19(22(18)31-26(32)35)10-6-7-11-20(27)34/h4-5,8-9,18-19,22H,2-3,6-7,10-15H2,1H3,(H2,27,34)(H2,28,29)(H,31,35). The van der Waals surface area contributed by atoms with Gasteiger partial charge in [0.05, 0.1) is 23.1 Å². The normalized spacial score (nSPS) is 21.4. The monoisotopic (exact) mass is 509 g/mol. The molecule has 3 unspecified atom stereocenters. The van der Waals surface area contributed by atoms with Gasteiger partial charge in [0, 0.05) is 42.3 Å². The van der Waals surface area contributed by atoms with Crippen LogP contribution in [0.2, 0.25) is 0 Å². The van der Waals surface area contributed by atoms with E-state index in [-0.39, 0.29) is 24.0 Å². The van der Waals surface area contributed by atoms with Crippen molar-refractivity contribution in [2.75, 3.05) is 18.0 Å². The number of primary amides is 1. The van der Waals surface area contributed by atoms with E-state index in [4.69, 9.17) is 16.5 Å². The van der Waals surface area contributed by atoms with Gasteiger partial charge in [0.15, 0.2) is 5.82 Å². The Bertz CT molecular complexity index is 1280. The van der Waals surface area contributed by atoms with E-state index in [9.17, 15) is 9.59 Å². The summed E-state index contributed by atoms with van der Waals surface area (Å²) in [5.74, 6) is 2.13. The van der Waals surface area contributed by atoms with E-state index in [2.05, 4.69) is 27.9 Å². The summed E-state index contributed by atoms with van der Waals surface area (Å²) >= 11 is 1.93. The van der Waals surface area contributed by atoms with Gasteiger partial charge < -0.3 is 26.3 Å². The zero-order chi connectivity index (χ0) is 25.2. The highest BCUT2D eigenvalue weighted by Crippen LogP contribution is 2.37. The maximum Gasteiger partial charge on any atom is 0.318 e. The van der Waals surface area contributed by atoms with Crippen LogP contribution in [0.3, 0.4) is 0 Å². The van der Waals surface area contributed by atoms with Crippen molar-refractivity contribution in [1.29, 1.82) is 0 Å². The number of fused-ring (bicyclic) bond motifs is 4. The summed E-state index contributed by atoms with van der Waals surface area (Å²) in [5.41, 5.74) is 14.2. The molecule has 3 atom stereocenters. The van der Waals surface area contributed by atoms with Crippen molar-refractivity contribution in [3.05, 3.63) is 30.1 Å². The molecule has 2 aliphatic rings. The first-order valence-electron chi connectivity index (χ1n) is 13.0. The minimum atomic E-state index is -0.247. The maximum atomic E-state index is 13.0. The summed E-state index contributed by atoms with van der Waals surface area (Å²) in [5, 5.41) is 4.65. The fourth-order valence-corrected chi connectivity index (χ4v) is 7.20. The number of nitrogens with two attached hydrogens (primary N) is 2. The molecule has 0 spiro atoms. The molecule has 1 aromatic carbocycles. The number of pyridine rings is 1. The second kappa shape index (κ2) is 10.5. The summed E-state index contributed by atoms with van der Waals surface area (Å²) in [6.07, 6.45) is 6.15. The lowest BCUT2D eigenvalue weighted by Crippen LogP contribution is -2.39. The molecule has 0 radical (unpaired) electrons. The average Bonchev–Trinajstić information content (AvgIpc) is 3.51. The minimum absolute atomic E-state index is 0.0120. The van der Waals surface area contributed by atoms with Gasteiger partial charge in [-0.25, -0.2) is 14.8 Å². The molecule has 3 aromatic rings. The number of aromatic nitrogens is 3. The highest BCUT2D eigenvalue weighted by atomic mass is 32.2. The van der Waals surface area contributed by atoms with E-state index in [0.717, 1.165) is 72.0 Å². The number of hydrogen-bond acceptors (Lipinski definition) is 6. The average molecular weight is 510 g/mol. The number of aryl methyl sites for hydroxylation is 1. The summed E-state index contributed by atoms with van der Waals surface area (Å²) in [4.78, 5) is 35.5. The Kier molecular flexibility index (Phi) is 7.22. The van der Waals surface area contributed by atoms with E-state index >= 15 is 0 Å². The largest absolute Gasteiger partial charge is 0.382 e. The number of carbonyl (C=O) groups is 2. The third kappa shape index (κ3) is 4.70. The molecule has 0 saturated carbocycles. The van der Waals surface area contributed by atoms with Crippen LogP contribution in [0.25, 0.3) is 21.9 Å². The van der Waals surface area contributed by atoms with Crippen molar-refractivity contribution in [3.8, 4) is 0 Å². The second-order valence-electron chi connectivity index (χ2n) is 9.81. The number of nitrogens with one attached hydrogen (secondary N) is 1. The predicted octanol–water partition coefficient (Wildman–Crippen LogP) is 3.43. The number of benzene rings is 1. The van der Waals surface area contributed by atoms with Crippen molar-refractivity contribution in [1.82, 2.24) is 24.8 Å². The first-order chi connectivity index (χ1) is 17.5. The van der Waals surface area contributed by atoms with Crippen LogP contribution in [0, 0.1) is 0 Å². The highest BCUT2D eigenvalue weighted by Gasteiger charge is 2.47. The number of nitrogens with zero attached hydrogens (tertiary/aromatic N) is 4. The first-order valence-corrected chi connectivity index (χ1v) is 14.0. The van der Waals surface area contributed by atoms with Gasteiger partial charge in [-0.2, -0.15) is 11.8 Å². The molecule has 2 saturated heterocycles. The van der Waals surface area contributed by atoms with Crippen LogP contribution < -0.4 is 16.8 Å². The number of rotatable bonds is 11. The van der Waals surface area contributed by atoms with E-state index in [1.165, 1.54) is 0 Å². The molecule has 0 bridgehead atoms. The number of thioether (sulfide) groups is 1. The van der Waals surface area contributed by atoms with Crippen molar-refractivity contribution in [2.45, 2.75) is 75.7 Å². The molecule has 192 valence electrons. The number of imidazole rings is 1. The van der Waals surface area contributed by atoms with Gasteiger partial charge in [-0.15, -0.1) is 0 Å². The number of carbonyl (C=O) groups excluding carboxylic acids is 2. The van der Waals surface area contributed by atoms with Crippen molar-refractivity contribution < 1.29 is 9.59 Å². The quantitative estimate of drug-likeness (QED) is 0.268. The molecule has 5 N–H and O–H groups in total. The molecule has 5 rings (SSSR count). The summed E-state index contributed by atoms with van der Waals surface area (Å²) in [6.45, 7) is 3.45. The van der Waals surface area contributed by atoms with Crippen LogP contribution in [-0.2, 0) is 17.8 Å². The van der Waals surface area contributed by atoms with Crippen LogP contribution in [0.1, 0.15) is 51.3 Å². The van der Waals surface area contributed by atoms with E-state index in [1.807, 2.05) is 34.9 Å². The summed E-state index contributed by atoms with van der Waals surface area (Å²) in [7, 11) is 0. The lowest BCUT2D eigenvalue weighted by Gasteiger charge is -2.23. The Hall–Kier alpha value is -3.01. The van der Waals surface area contributed by atoms with Gasteiger partial charge in [0.1, 0.15) is 11.3 Å². The lowest BCUT2D eigenvalue weighted by molar-refractivity contribution is -0.118. The lowest BCUT2D eigenvalue weighted by atomic mass is 10.0. The van der Waals surface area contributed by atoms with Crippen LogP contribution in [-0.4, -0.2) is 61.0 Å². The predicted molar refractivity (Wildman–Crippen MR) is 145 cm³/mol. The topological polar surface area (TPSA) is 132 Å². The van der Waals surface area contributed by atoms with Crippen molar-refractivity contribution in [3.63, 3.8) is 0 Å². The van der Waals surface area contributed by atoms with Crippen LogP contribution in [0.5, 0.6) is 0 Å². The van der Waals surface area contributed by atoms with Crippen LogP contribution >= 0.6 is 11.8 Å². The number of hydrogen-bond donors (Lipinski definition) is 3. The Morgan fingerprint density at radius 2 is 2.03 bits per heavy atom. The van der Waals surface area contributed by atoms with Crippen LogP contribution in [0.4, 0.5) is 10.6 Å². The molecule has 2 aliphatic heterocycles. The zero-order valence-corrected chi connectivity index (χ0v) is 21.6. The Labute approximate surface area is 215 Å². The fourth-order valence-electron chi connectivity index (χ4n) is 5.58. The third-order valence-electron chi connectivity index (χ3n) is 7.42. The third-order valence-corrected chi connectivity index (χ3v) is 8.91. The van der Waals surface area contributed by atoms with Gasteiger partial charge >= 0.3 is 6.03 Å². The number of amides is 3. The molecular formula is C26H35N7O2S. The number of unbranched alkanes of at least 4 members (excludes halogenated alkanes) is 2. The molecule has 36 heavy (non-hydrogen) atoms. The molecule has 10 heteroatoms.